The highest BCUT2D eigenvalue weighted by Gasteiger charge is 2.16. The second kappa shape index (κ2) is 11.4. The van der Waals surface area contributed by atoms with Crippen molar-refractivity contribution in [1.82, 2.24) is 4.57 Å². The van der Waals surface area contributed by atoms with Crippen LogP contribution >= 0.6 is 11.3 Å². The lowest BCUT2D eigenvalue weighted by molar-refractivity contribution is -0.117. The summed E-state index contributed by atoms with van der Waals surface area (Å²) in [4.78, 5) is 29.0. The Morgan fingerprint density at radius 3 is 2.58 bits per heavy atom. The summed E-state index contributed by atoms with van der Waals surface area (Å²) in [5.41, 5.74) is 1.88. The van der Waals surface area contributed by atoms with Gasteiger partial charge in [-0.25, -0.2) is 13.2 Å². The number of carbonyl (C=O) groups excluding carboxylic acids is 2. The van der Waals surface area contributed by atoms with Gasteiger partial charge in [-0.15, -0.1) is 0 Å². The van der Waals surface area contributed by atoms with Gasteiger partial charge in [-0.05, 0) is 30.7 Å². The van der Waals surface area contributed by atoms with Gasteiger partial charge in [0.2, 0.25) is 5.91 Å². The molecule has 0 atom stereocenters. The average molecular weight is 491 g/mol. The zero-order valence-corrected chi connectivity index (χ0v) is 20.2. The zero-order chi connectivity index (χ0) is 23.8. The minimum atomic E-state index is -3.45. The van der Waals surface area contributed by atoms with Crippen LogP contribution in [0.5, 0.6) is 0 Å². The molecule has 0 fully saturated rings. The molecule has 1 heterocycles. The van der Waals surface area contributed by atoms with E-state index < -0.39 is 21.7 Å². The quantitative estimate of drug-likeness (QED) is 0.320. The molecule has 0 aliphatic carbocycles. The van der Waals surface area contributed by atoms with Gasteiger partial charge < -0.3 is 14.0 Å². The standard InChI is InChI=1S/C23H26N2O6S2/c1-3-31-13-12-25-19-10-9-18(22(27)30-2)15-20(19)32-23(25)24-21(26)11-14-33(28,29)16-17-7-5-4-6-8-17/h4-10,15H,3,11-14,16H2,1-2H3. The molecular weight excluding hydrogens is 464 g/mol. The van der Waals surface area contributed by atoms with Crippen LogP contribution in [0.15, 0.2) is 53.5 Å². The van der Waals surface area contributed by atoms with E-state index in [2.05, 4.69) is 4.99 Å². The van der Waals surface area contributed by atoms with Crippen LogP contribution in [0, 0.1) is 0 Å². The highest BCUT2D eigenvalue weighted by atomic mass is 32.2. The van der Waals surface area contributed by atoms with Crippen molar-refractivity contribution in [2.24, 2.45) is 4.99 Å². The molecule has 3 rings (SSSR count). The fourth-order valence-corrected chi connectivity index (χ4v) is 5.67. The fraction of sp³-hybridized carbons (Fsp3) is 0.348. The van der Waals surface area contributed by atoms with Gasteiger partial charge in [-0.1, -0.05) is 41.7 Å². The molecule has 0 unspecified atom stereocenters. The molecule has 0 N–H and O–H groups in total. The first kappa shape index (κ1) is 24.8. The summed E-state index contributed by atoms with van der Waals surface area (Å²) in [5, 5.41) is 0. The Labute approximate surface area is 196 Å². The molecule has 0 saturated heterocycles. The van der Waals surface area contributed by atoms with Crippen molar-refractivity contribution in [3.05, 3.63) is 64.5 Å². The molecule has 1 amide bonds. The Bertz CT molecular complexity index is 1290. The lowest BCUT2D eigenvalue weighted by atomic mass is 10.2. The topological polar surface area (TPSA) is 104 Å². The summed E-state index contributed by atoms with van der Waals surface area (Å²) in [6, 6.07) is 14.0. The Kier molecular flexibility index (Phi) is 8.54. The van der Waals surface area contributed by atoms with Crippen LogP contribution in [0.1, 0.15) is 29.3 Å². The van der Waals surface area contributed by atoms with E-state index in [1.807, 2.05) is 17.6 Å². The van der Waals surface area contributed by atoms with Crippen molar-refractivity contribution in [1.29, 1.82) is 0 Å². The smallest absolute Gasteiger partial charge is 0.337 e. The third kappa shape index (κ3) is 6.83. The van der Waals surface area contributed by atoms with Crippen molar-refractivity contribution in [3.63, 3.8) is 0 Å². The monoisotopic (exact) mass is 490 g/mol. The van der Waals surface area contributed by atoms with Crippen LogP contribution in [0.3, 0.4) is 0 Å². The number of thiazole rings is 1. The van der Waals surface area contributed by atoms with E-state index in [0.29, 0.717) is 35.7 Å². The van der Waals surface area contributed by atoms with E-state index in [9.17, 15) is 18.0 Å². The van der Waals surface area contributed by atoms with Gasteiger partial charge in [0.25, 0.3) is 0 Å². The molecule has 176 valence electrons. The number of fused-ring (bicyclic) bond motifs is 1. The number of rotatable bonds is 10. The van der Waals surface area contributed by atoms with Crippen molar-refractivity contribution in [2.45, 2.75) is 25.6 Å². The number of ether oxygens (including phenoxy) is 2. The minimum Gasteiger partial charge on any atom is -0.465 e. The van der Waals surface area contributed by atoms with Crippen LogP contribution in [0.4, 0.5) is 0 Å². The predicted molar refractivity (Wildman–Crippen MR) is 127 cm³/mol. The van der Waals surface area contributed by atoms with Gasteiger partial charge in [0.05, 0.1) is 41.0 Å². The first-order chi connectivity index (χ1) is 15.8. The number of nitrogens with zero attached hydrogens (tertiary/aromatic N) is 2. The normalized spacial score (nSPS) is 12.2. The molecule has 3 aromatic rings. The van der Waals surface area contributed by atoms with Gasteiger partial charge in [0, 0.05) is 19.6 Å². The van der Waals surface area contributed by atoms with Crippen LogP contribution in [0.25, 0.3) is 10.2 Å². The van der Waals surface area contributed by atoms with Crippen LogP contribution in [-0.2, 0) is 36.4 Å². The third-order valence-corrected chi connectivity index (χ3v) is 7.48. The Morgan fingerprint density at radius 2 is 1.88 bits per heavy atom. The molecule has 1 aromatic heterocycles. The van der Waals surface area contributed by atoms with Gasteiger partial charge >= 0.3 is 5.97 Å². The summed E-state index contributed by atoms with van der Waals surface area (Å²) >= 11 is 1.25. The second-order valence-electron chi connectivity index (χ2n) is 7.24. The summed E-state index contributed by atoms with van der Waals surface area (Å²) in [5.74, 6) is -1.37. The number of carbonyl (C=O) groups is 2. The van der Waals surface area contributed by atoms with Gasteiger partial charge in [0.15, 0.2) is 14.6 Å². The van der Waals surface area contributed by atoms with Crippen molar-refractivity contribution < 1.29 is 27.5 Å². The van der Waals surface area contributed by atoms with Gasteiger partial charge in [-0.2, -0.15) is 4.99 Å². The number of methoxy groups -OCH3 is 1. The van der Waals surface area contributed by atoms with Crippen molar-refractivity contribution in [3.8, 4) is 0 Å². The Morgan fingerprint density at radius 1 is 1.12 bits per heavy atom. The Balaban J connectivity index is 1.83. The molecule has 0 saturated carbocycles. The van der Waals surface area contributed by atoms with E-state index in [1.54, 1.807) is 42.5 Å². The number of aromatic nitrogens is 1. The number of amides is 1. The highest BCUT2D eigenvalue weighted by molar-refractivity contribution is 7.90. The molecule has 0 aliphatic rings. The lowest BCUT2D eigenvalue weighted by Gasteiger charge is -2.06. The van der Waals surface area contributed by atoms with Crippen molar-refractivity contribution >= 4 is 43.3 Å². The molecule has 2 aromatic carbocycles. The van der Waals surface area contributed by atoms with Crippen LogP contribution in [0.2, 0.25) is 0 Å². The first-order valence-electron chi connectivity index (χ1n) is 10.4. The van der Waals surface area contributed by atoms with Crippen LogP contribution in [-0.4, -0.2) is 50.9 Å². The third-order valence-electron chi connectivity index (χ3n) is 4.84. The molecule has 0 radical (unpaired) electrons. The molecule has 0 aliphatic heterocycles. The molecule has 33 heavy (non-hydrogen) atoms. The molecule has 8 nitrogen and oxygen atoms in total. The predicted octanol–water partition coefficient (Wildman–Crippen LogP) is 2.96. The minimum absolute atomic E-state index is 0.116. The zero-order valence-electron chi connectivity index (χ0n) is 18.5. The maximum absolute atomic E-state index is 12.5. The fourth-order valence-electron chi connectivity index (χ4n) is 3.23. The van der Waals surface area contributed by atoms with E-state index >= 15 is 0 Å². The van der Waals surface area contributed by atoms with Gasteiger partial charge in [0.1, 0.15) is 0 Å². The molecular formula is C23H26N2O6S2. The SMILES string of the molecule is CCOCCn1c(=NC(=O)CCS(=O)(=O)Cc2ccccc2)sc2cc(C(=O)OC)ccc21. The summed E-state index contributed by atoms with van der Waals surface area (Å²) < 4.78 is 37.7. The van der Waals surface area contributed by atoms with Crippen LogP contribution < -0.4 is 4.80 Å². The van der Waals surface area contributed by atoms with Gasteiger partial charge in [-0.3, -0.25) is 4.79 Å². The van der Waals surface area contributed by atoms with Crippen molar-refractivity contribution in [2.75, 3.05) is 26.1 Å². The number of benzene rings is 2. The highest BCUT2D eigenvalue weighted by Crippen LogP contribution is 2.20. The largest absolute Gasteiger partial charge is 0.465 e. The number of hydrogen-bond donors (Lipinski definition) is 0. The van der Waals surface area contributed by atoms with E-state index in [0.717, 1.165) is 10.2 Å². The first-order valence-corrected chi connectivity index (χ1v) is 13.1. The maximum atomic E-state index is 12.5. The number of sulfone groups is 1. The van der Waals surface area contributed by atoms with E-state index in [4.69, 9.17) is 9.47 Å². The second-order valence-corrected chi connectivity index (χ2v) is 10.4. The summed E-state index contributed by atoms with van der Waals surface area (Å²) in [7, 11) is -2.13. The average Bonchev–Trinajstić information content (AvgIpc) is 3.14. The maximum Gasteiger partial charge on any atom is 0.337 e. The molecule has 0 bridgehead atoms. The van der Waals surface area contributed by atoms with E-state index in [1.165, 1.54) is 18.4 Å². The molecule has 10 heteroatoms. The summed E-state index contributed by atoms with van der Waals surface area (Å²) in [6.07, 6.45) is -0.206. The number of hydrogen-bond acceptors (Lipinski definition) is 7. The number of esters is 1. The summed E-state index contributed by atoms with van der Waals surface area (Å²) in [6.45, 7) is 3.33. The Hall–Kier alpha value is -2.82. The lowest BCUT2D eigenvalue weighted by Crippen LogP contribution is -2.20. The molecule has 0 spiro atoms. The van der Waals surface area contributed by atoms with E-state index in [-0.39, 0.29) is 17.9 Å².